The Kier molecular flexibility index (Phi) is 4.48. The number of methoxy groups -OCH3 is 1. The highest BCUT2D eigenvalue weighted by atomic mass is 35.5. The summed E-state index contributed by atoms with van der Waals surface area (Å²) in [6, 6.07) is 5.32. The lowest BCUT2D eigenvalue weighted by Crippen LogP contribution is -2.41. The Bertz CT molecular complexity index is 367. The van der Waals surface area contributed by atoms with Crippen LogP contribution in [0.5, 0.6) is 11.5 Å². The van der Waals surface area contributed by atoms with E-state index in [1.54, 1.807) is 19.2 Å². The van der Waals surface area contributed by atoms with E-state index in [1.807, 2.05) is 6.07 Å². The first-order valence-corrected chi connectivity index (χ1v) is 5.95. The molecule has 1 unspecified atom stereocenters. The van der Waals surface area contributed by atoms with Crippen molar-refractivity contribution in [3.63, 3.8) is 0 Å². The van der Waals surface area contributed by atoms with Gasteiger partial charge in [-0.25, -0.2) is 0 Å². The Morgan fingerprint density at radius 1 is 1.41 bits per heavy atom. The van der Waals surface area contributed by atoms with Gasteiger partial charge in [-0.1, -0.05) is 11.6 Å². The van der Waals surface area contributed by atoms with Gasteiger partial charge >= 0.3 is 0 Å². The van der Waals surface area contributed by atoms with Crippen LogP contribution in [-0.2, 0) is 4.74 Å². The molecule has 0 aliphatic carbocycles. The molecule has 1 heterocycles. The second-order valence-corrected chi connectivity index (χ2v) is 4.27. The number of benzene rings is 1. The third-order valence-corrected chi connectivity index (χ3v) is 2.74. The zero-order valence-electron chi connectivity index (χ0n) is 9.74. The van der Waals surface area contributed by atoms with E-state index < -0.39 is 0 Å². The van der Waals surface area contributed by atoms with Crippen molar-refractivity contribution in [2.45, 2.75) is 6.10 Å². The summed E-state index contributed by atoms with van der Waals surface area (Å²) in [5, 5.41) is 3.85. The lowest BCUT2D eigenvalue weighted by Gasteiger charge is -2.23. The Hall–Kier alpha value is -0.970. The molecule has 94 valence electrons. The molecular formula is C12H16ClNO3. The van der Waals surface area contributed by atoms with Crippen molar-refractivity contribution < 1.29 is 14.2 Å². The molecule has 1 aliphatic heterocycles. The topological polar surface area (TPSA) is 39.7 Å². The molecule has 1 aromatic carbocycles. The number of hydrogen-bond acceptors (Lipinski definition) is 4. The second-order valence-electron chi connectivity index (χ2n) is 3.83. The van der Waals surface area contributed by atoms with Crippen LogP contribution >= 0.6 is 11.6 Å². The van der Waals surface area contributed by atoms with Crippen molar-refractivity contribution >= 4 is 11.6 Å². The van der Waals surface area contributed by atoms with Crippen molar-refractivity contribution in [3.8, 4) is 11.5 Å². The maximum atomic E-state index is 5.95. The minimum Gasteiger partial charge on any atom is -0.497 e. The van der Waals surface area contributed by atoms with E-state index in [4.69, 9.17) is 25.8 Å². The highest BCUT2D eigenvalue weighted by Crippen LogP contribution is 2.25. The average molecular weight is 258 g/mol. The predicted octanol–water partition coefficient (Wildman–Crippen LogP) is 1.72. The molecule has 1 aliphatic rings. The van der Waals surface area contributed by atoms with Gasteiger partial charge in [-0.3, -0.25) is 0 Å². The molecule has 1 N–H and O–H groups in total. The van der Waals surface area contributed by atoms with Crippen LogP contribution in [0.3, 0.4) is 0 Å². The molecule has 2 rings (SSSR count). The zero-order chi connectivity index (χ0) is 12.1. The van der Waals surface area contributed by atoms with Crippen molar-refractivity contribution in [2.24, 2.45) is 0 Å². The molecule has 1 aromatic rings. The van der Waals surface area contributed by atoms with Crippen molar-refractivity contribution in [1.82, 2.24) is 5.32 Å². The molecule has 1 saturated heterocycles. The van der Waals surface area contributed by atoms with Crippen molar-refractivity contribution in [3.05, 3.63) is 23.2 Å². The van der Waals surface area contributed by atoms with Gasteiger partial charge in [-0.05, 0) is 12.1 Å². The summed E-state index contributed by atoms with van der Waals surface area (Å²) >= 11 is 5.95. The molecule has 1 fully saturated rings. The highest BCUT2D eigenvalue weighted by molar-refractivity contribution is 6.30. The quantitative estimate of drug-likeness (QED) is 0.892. The van der Waals surface area contributed by atoms with E-state index in [9.17, 15) is 0 Å². The fraction of sp³-hybridized carbons (Fsp3) is 0.500. The summed E-state index contributed by atoms with van der Waals surface area (Å²) in [7, 11) is 1.60. The second kappa shape index (κ2) is 6.10. The van der Waals surface area contributed by atoms with Crippen molar-refractivity contribution in [2.75, 3.05) is 33.4 Å². The van der Waals surface area contributed by atoms with Gasteiger partial charge in [0.15, 0.2) is 0 Å². The maximum Gasteiger partial charge on any atom is 0.124 e. The Balaban J connectivity index is 1.91. The molecule has 0 amide bonds. The number of halogens is 1. The standard InChI is InChI=1S/C12H16ClNO3/c1-15-10-4-9(13)5-11(6-10)17-8-12-7-14-2-3-16-12/h4-6,12,14H,2-3,7-8H2,1H3. The fourth-order valence-corrected chi connectivity index (χ4v) is 1.87. The number of morpholine rings is 1. The molecule has 0 radical (unpaired) electrons. The van der Waals surface area contributed by atoms with Crippen LogP contribution in [0.1, 0.15) is 0 Å². The van der Waals surface area contributed by atoms with Crippen LogP contribution in [0.25, 0.3) is 0 Å². The molecule has 0 spiro atoms. The first kappa shape index (κ1) is 12.5. The molecule has 17 heavy (non-hydrogen) atoms. The highest BCUT2D eigenvalue weighted by Gasteiger charge is 2.14. The van der Waals surface area contributed by atoms with Gasteiger partial charge in [-0.15, -0.1) is 0 Å². The monoisotopic (exact) mass is 257 g/mol. The number of rotatable bonds is 4. The summed E-state index contributed by atoms with van der Waals surface area (Å²) in [5.74, 6) is 1.39. The summed E-state index contributed by atoms with van der Waals surface area (Å²) in [6.45, 7) is 2.96. The first-order valence-electron chi connectivity index (χ1n) is 5.57. The number of nitrogens with one attached hydrogen (secondary N) is 1. The van der Waals surface area contributed by atoms with Crippen LogP contribution in [0, 0.1) is 0 Å². The Morgan fingerprint density at radius 2 is 2.24 bits per heavy atom. The summed E-state index contributed by atoms with van der Waals surface area (Å²) in [4.78, 5) is 0. The summed E-state index contributed by atoms with van der Waals surface area (Å²) in [5.41, 5.74) is 0. The van der Waals surface area contributed by atoms with E-state index >= 15 is 0 Å². The van der Waals surface area contributed by atoms with E-state index in [2.05, 4.69) is 5.32 Å². The van der Waals surface area contributed by atoms with Crippen molar-refractivity contribution in [1.29, 1.82) is 0 Å². The molecule has 0 aromatic heterocycles. The predicted molar refractivity (Wildman–Crippen MR) is 66.1 cm³/mol. The third kappa shape index (κ3) is 3.77. The van der Waals surface area contributed by atoms with E-state index in [-0.39, 0.29) is 6.10 Å². The van der Waals surface area contributed by atoms with Gasteiger partial charge in [0, 0.05) is 24.2 Å². The zero-order valence-corrected chi connectivity index (χ0v) is 10.5. The first-order chi connectivity index (χ1) is 8.28. The van der Waals surface area contributed by atoms with Gasteiger partial charge in [-0.2, -0.15) is 0 Å². The van der Waals surface area contributed by atoms with Gasteiger partial charge in [0.2, 0.25) is 0 Å². The third-order valence-electron chi connectivity index (χ3n) is 2.52. The van der Waals surface area contributed by atoms with Crippen LogP contribution in [0.2, 0.25) is 5.02 Å². The van der Waals surface area contributed by atoms with Crippen LogP contribution < -0.4 is 14.8 Å². The molecule has 4 nitrogen and oxygen atoms in total. The number of ether oxygens (including phenoxy) is 3. The minimum atomic E-state index is 0.0914. The van der Waals surface area contributed by atoms with Gasteiger partial charge in [0.1, 0.15) is 24.2 Å². The van der Waals surface area contributed by atoms with E-state index in [0.717, 1.165) is 19.7 Å². The molecule has 5 heteroatoms. The number of hydrogen-bond donors (Lipinski definition) is 1. The Labute approximate surface area is 106 Å². The van der Waals surface area contributed by atoms with Gasteiger partial charge in [0.25, 0.3) is 0 Å². The van der Waals surface area contributed by atoms with E-state index in [1.165, 1.54) is 0 Å². The SMILES string of the molecule is COc1cc(Cl)cc(OCC2CNCCO2)c1. The summed E-state index contributed by atoms with van der Waals surface area (Å²) in [6.07, 6.45) is 0.0914. The lowest BCUT2D eigenvalue weighted by molar-refractivity contribution is 0.000160. The summed E-state index contributed by atoms with van der Waals surface area (Å²) < 4.78 is 16.3. The smallest absolute Gasteiger partial charge is 0.124 e. The van der Waals surface area contributed by atoms with Gasteiger partial charge < -0.3 is 19.5 Å². The molecule has 1 atom stereocenters. The molecular weight excluding hydrogens is 242 g/mol. The van der Waals surface area contributed by atoms with Crippen LogP contribution in [0.4, 0.5) is 0 Å². The Morgan fingerprint density at radius 3 is 2.94 bits per heavy atom. The maximum absolute atomic E-state index is 5.95. The van der Waals surface area contributed by atoms with Gasteiger partial charge in [0.05, 0.1) is 13.7 Å². The van der Waals surface area contributed by atoms with Crippen LogP contribution in [-0.4, -0.2) is 39.5 Å². The normalized spacial score (nSPS) is 20.0. The molecule has 0 saturated carbocycles. The minimum absolute atomic E-state index is 0.0914. The molecule has 0 bridgehead atoms. The average Bonchev–Trinajstić information content (AvgIpc) is 2.37. The fourth-order valence-electron chi connectivity index (χ4n) is 1.65. The largest absolute Gasteiger partial charge is 0.497 e. The lowest BCUT2D eigenvalue weighted by atomic mass is 10.3. The van der Waals surface area contributed by atoms with Crippen LogP contribution in [0.15, 0.2) is 18.2 Å². The van der Waals surface area contributed by atoms with E-state index in [0.29, 0.717) is 23.1 Å².